The highest BCUT2D eigenvalue weighted by molar-refractivity contribution is 7.92. The van der Waals surface area contributed by atoms with Crippen LogP contribution in [0.4, 0.5) is 11.4 Å². The van der Waals surface area contributed by atoms with E-state index in [0.717, 1.165) is 0 Å². The predicted octanol–water partition coefficient (Wildman–Crippen LogP) is 2.17. The summed E-state index contributed by atoms with van der Waals surface area (Å²) in [6, 6.07) is 15.1. The van der Waals surface area contributed by atoms with Crippen molar-refractivity contribution in [2.24, 2.45) is 5.73 Å². The molecular formula is C14H15N3O2S2. The van der Waals surface area contributed by atoms with Gasteiger partial charge in [0.2, 0.25) is 0 Å². The Hall–Kier alpha value is -2.12. The van der Waals surface area contributed by atoms with Gasteiger partial charge in [0, 0.05) is 12.7 Å². The number of rotatable bonds is 4. The summed E-state index contributed by atoms with van der Waals surface area (Å²) in [5.41, 5.74) is 6.61. The minimum atomic E-state index is -3.60. The first kappa shape index (κ1) is 15.3. The summed E-state index contributed by atoms with van der Waals surface area (Å²) in [4.78, 5) is 0.197. The Labute approximate surface area is 129 Å². The van der Waals surface area contributed by atoms with Gasteiger partial charge in [-0.05, 0) is 48.6 Å². The SMILES string of the molecule is CN(c1ccccc1)S(=O)(=O)c1ccc(NC(N)=S)cc1. The van der Waals surface area contributed by atoms with Crippen molar-refractivity contribution >= 4 is 38.7 Å². The van der Waals surface area contributed by atoms with Gasteiger partial charge in [0.15, 0.2) is 5.11 Å². The van der Waals surface area contributed by atoms with Crippen LogP contribution in [0.15, 0.2) is 59.5 Å². The monoisotopic (exact) mass is 321 g/mol. The van der Waals surface area contributed by atoms with Gasteiger partial charge >= 0.3 is 0 Å². The van der Waals surface area contributed by atoms with E-state index in [1.807, 2.05) is 6.07 Å². The summed E-state index contributed by atoms with van der Waals surface area (Å²) in [6.45, 7) is 0. The number of para-hydroxylation sites is 1. The van der Waals surface area contributed by atoms with Crippen molar-refractivity contribution < 1.29 is 8.42 Å². The van der Waals surface area contributed by atoms with Crippen molar-refractivity contribution in [2.45, 2.75) is 4.90 Å². The Kier molecular flexibility index (Phi) is 4.44. The number of nitrogens with zero attached hydrogens (tertiary/aromatic N) is 1. The van der Waals surface area contributed by atoms with Crippen LogP contribution >= 0.6 is 12.2 Å². The van der Waals surface area contributed by atoms with Crippen LogP contribution in [-0.4, -0.2) is 20.6 Å². The van der Waals surface area contributed by atoms with Crippen LogP contribution < -0.4 is 15.4 Å². The lowest BCUT2D eigenvalue weighted by Gasteiger charge is -2.19. The lowest BCUT2D eigenvalue weighted by atomic mass is 10.3. The average Bonchev–Trinajstić information content (AvgIpc) is 2.47. The number of sulfonamides is 1. The second-order valence-electron chi connectivity index (χ2n) is 4.32. The summed E-state index contributed by atoms with van der Waals surface area (Å²) in [5.74, 6) is 0. The fourth-order valence-corrected chi connectivity index (χ4v) is 3.10. The van der Waals surface area contributed by atoms with Crippen LogP contribution in [0.3, 0.4) is 0 Å². The molecule has 0 aliphatic carbocycles. The molecule has 0 saturated heterocycles. The van der Waals surface area contributed by atoms with Crippen molar-refractivity contribution in [3.8, 4) is 0 Å². The van der Waals surface area contributed by atoms with Crippen LogP contribution in [0, 0.1) is 0 Å². The van der Waals surface area contributed by atoms with Gasteiger partial charge in [-0.3, -0.25) is 4.31 Å². The number of nitrogens with two attached hydrogens (primary N) is 1. The third kappa shape index (κ3) is 3.50. The number of hydrogen-bond acceptors (Lipinski definition) is 3. The highest BCUT2D eigenvalue weighted by Gasteiger charge is 2.20. The Balaban J connectivity index is 2.29. The lowest BCUT2D eigenvalue weighted by molar-refractivity contribution is 0.594. The van der Waals surface area contributed by atoms with Gasteiger partial charge in [-0.2, -0.15) is 0 Å². The molecule has 0 aliphatic heterocycles. The van der Waals surface area contributed by atoms with E-state index in [1.165, 1.54) is 23.5 Å². The van der Waals surface area contributed by atoms with E-state index in [0.29, 0.717) is 11.4 Å². The quantitative estimate of drug-likeness (QED) is 0.844. The second kappa shape index (κ2) is 6.11. The Bertz CT molecular complexity index is 729. The summed E-state index contributed by atoms with van der Waals surface area (Å²) >= 11 is 4.73. The van der Waals surface area contributed by atoms with Crippen molar-refractivity contribution in [3.05, 3.63) is 54.6 Å². The molecule has 0 fully saturated rings. The van der Waals surface area contributed by atoms with Crippen molar-refractivity contribution in [3.63, 3.8) is 0 Å². The molecule has 0 radical (unpaired) electrons. The molecular weight excluding hydrogens is 306 g/mol. The molecule has 0 amide bonds. The smallest absolute Gasteiger partial charge is 0.264 e. The molecule has 3 N–H and O–H groups in total. The van der Waals surface area contributed by atoms with Gasteiger partial charge in [-0.15, -0.1) is 0 Å². The Morgan fingerprint density at radius 1 is 1.10 bits per heavy atom. The zero-order valence-electron chi connectivity index (χ0n) is 11.4. The van der Waals surface area contributed by atoms with Crippen LogP contribution in [-0.2, 0) is 10.0 Å². The van der Waals surface area contributed by atoms with Crippen LogP contribution in [0.5, 0.6) is 0 Å². The Morgan fingerprint density at radius 3 is 2.19 bits per heavy atom. The standard InChI is InChI=1S/C14H15N3O2S2/c1-17(12-5-3-2-4-6-12)21(18,19)13-9-7-11(8-10-13)16-14(15)20/h2-10H,1H3,(H3,15,16,20). The Morgan fingerprint density at radius 2 is 1.67 bits per heavy atom. The maximum atomic E-state index is 12.5. The van der Waals surface area contributed by atoms with E-state index >= 15 is 0 Å². The first-order valence-electron chi connectivity index (χ1n) is 6.12. The minimum Gasteiger partial charge on any atom is -0.376 e. The van der Waals surface area contributed by atoms with E-state index in [-0.39, 0.29) is 10.0 Å². The van der Waals surface area contributed by atoms with Gasteiger partial charge in [0.05, 0.1) is 10.6 Å². The van der Waals surface area contributed by atoms with Crippen LogP contribution in [0.1, 0.15) is 0 Å². The molecule has 21 heavy (non-hydrogen) atoms. The van der Waals surface area contributed by atoms with Gasteiger partial charge in [0.1, 0.15) is 0 Å². The summed E-state index contributed by atoms with van der Waals surface area (Å²) < 4.78 is 26.3. The molecule has 0 spiro atoms. The van der Waals surface area contributed by atoms with E-state index in [9.17, 15) is 8.42 Å². The molecule has 0 heterocycles. The third-order valence-corrected chi connectivity index (χ3v) is 4.80. The number of thiocarbonyl (C=S) groups is 1. The van der Waals surface area contributed by atoms with Crippen molar-refractivity contribution in [1.29, 1.82) is 0 Å². The molecule has 110 valence electrons. The first-order valence-corrected chi connectivity index (χ1v) is 7.96. The molecule has 0 saturated carbocycles. The maximum Gasteiger partial charge on any atom is 0.264 e. The molecule has 0 bridgehead atoms. The van der Waals surface area contributed by atoms with Gasteiger partial charge in [-0.25, -0.2) is 8.42 Å². The van der Waals surface area contributed by atoms with E-state index < -0.39 is 10.0 Å². The molecule has 0 atom stereocenters. The fourth-order valence-electron chi connectivity index (χ4n) is 1.79. The first-order chi connectivity index (χ1) is 9.91. The average molecular weight is 321 g/mol. The molecule has 0 unspecified atom stereocenters. The van der Waals surface area contributed by atoms with Crippen LogP contribution in [0.25, 0.3) is 0 Å². The topological polar surface area (TPSA) is 75.4 Å². The van der Waals surface area contributed by atoms with Gasteiger partial charge < -0.3 is 11.1 Å². The highest BCUT2D eigenvalue weighted by Crippen LogP contribution is 2.22. The normalized spacial score (nSPS) is 10.9. The summed E-state index contributed by atoms with van der Waals surface area (Å²) in [6.07, 6.45) is 0. The predicted molar refractivity (Wildman–Crippen MR) is 88.9 cm³/mol. The molecule has 7 heteroatoms. The molecule has 2 aromatic rings. The van der Waals surface area contributed by atoms with Crippen LogP contribution in [0.2, 0.25) is 0 Å². The van der Waals surface area contributed by atoms with E-state index in [4.69, 9.17) is 18.0 Å². The zero-order valence-corrected chi connectivity index (χ0v) is 13.0. The number of nitrogens with one attached hydrogen (secondary N) is 1. The fraction of sp³-hybridized carbons (Fsp3) is 0.0714. The molecule has 5 nitrogen and oxygen atoms in total. The number of hydrogen-bond donors (Lipinski definition) is 2. The molecule has 0 aliphatic rings. The molecule has 2 rings (SSSR count). The summed E-state index contributed by atoms with van der Waals surface area (Å²) in [7, 11) is -2.08. The van der Waals surface area contributed by atoms with E-state index in [1.54, 1.807) is 36.4 Å². The van der Waals surface area contributed by atoms with Crippen molar-refractivity contribution in [2.75, 3.05) is 16.7 Å². The largest absolute Gasteiger partial charge is 0.376 e. The van der Waals surface area contributed by atoms with Gasteiger partial charge in [0.25, 0.3) is 10.0 Å². The second-order valence-corrected chi connectivity index (χ2v) is 6.73. The molecule has 2 aromatic carbocycles. The maximum absolute atomic E-state index is 12.5. The number of benzene rings is 2. The molecule has 0 aromatic heterocycles. The van der Waals surface area contributed by atoms with Gasteiger partial charge in [-0.1, -0.05) is 18.2 Å². The lowest BCUT2D eigenvalue weighted by Crippen LogP contribution is -2.26. The highest BCUT2D eigenvalue weighted by atomic mass is 32.2. The third-order valence-electron chi connectivity index (χ3n) is 2.90. The van der Waals surface area contributed by atoms with E-state index in [2.05, 4.69) is 5.32 Å². The van der Waals surface area contributed by atoms with Crippen molar-refractivity contribution in [1.82, 2.24) is 0 Å². The minimum absolute atomic E-state index is 0.131. The number of anilines is 2. The zero-order chi connectivity index (χ0) is 15.5. The summed E-state index contributed by atoms with van der Waals surface area (Å²) in [5, 5.41) is 2.88.